The monoisotopic (exact) mass is 382 g/mol. The van der Waals surface area contributed by atoms with E-state index in [-0.39, 0.29) is 11.4 Å². The van der Waals surface area contributed by atoms with Gasteiger partial charge < -0.3 is 5.32 Å². The van der Waals surface area contributed by atoms with Crippen molar-refractivity contribution in [2.75, 3.05) is 5.32 Å². The van der Waals surface area contributed by atoms with Crippen molar-refractivity contribution in [1.82, 2.24) is 14.5 Å². The van der Waals surface area contributed by atoms with Crippen LogP contribution in [0.5, 0.6) is 0 Å². The minimum absolute atomic E-state index is 0.229. The van der Waals surface area contributed by atoms with Crippen LogP contribution in [0.25, 0.3) is 27.2 Å². The fourth-order valence-electron chi connectivity index (χ4n) is 3.38. The zero-order chi connectivity index (χ0) is 19.8. The topological polar surface area (TPSA) is 59.8 Å². The first-order chi connectivity index (χ1) is 14.2. The first kappa shape index (κ1) is 17.1. The number of aromatic nitrogens is 3. The van der Waals surface area contributed by atoms with Crippen LogP contribution in [0.3, 0.4) is 0 Å². The van der Waals surface area contributed by atoms with Gasteiger partial charge in [0.25, 0.3) is 5.56 Å². The molecular weight excluding hydrogens is 367 g/mol. The SMILES string of the molecule is O=c1c2c(Nc3ccc4ccncc4c3)nccc2ccn1-c1ccc(F)cc1. The first-order valence-electron chi connectivity index (χ1n) is 9.06. The number of pyridine rings is 3. The Hall–Kier alpha value is -4.06. The molecule has 29 heavy (non-hydrogen) atoms. The van der Waals surface area contributed by atoms with Crippen molar-refractivity contribution in [1.29, 1.82) is 0 Å². The standard InChI is InChI=1S/C23H15FN4O/c24-18-2-5-20(6-3-18)28-12-9-16-8-11-26-22(21(16)23(28)29)27-19-4-1-15-7-10-25-14-17(15)13-19/h1-14H,(H,26,27). The fourth-order valence-corrected chi connectivity index (χ4v) is 3.38. The molecule has 0 saturated carbocycles. The molecule has 0 saturated heterocycles. The lowest BCUT2D eigenvalue weighted by Gasteiger charge is -2.12. The summed E-state index contributed by atoms with van der Waals surface area (Å²) in [6, 6.07) is 17.3. The molecule has 140 valence electrons. The minimum Gasteiger partial charge on any atom is -0.340 e. The highest BCUT2D eigenvalue weighted by Gasteiger charge is 2.11. The Kier molecular flexibility index (Phi) is 4.02. The summed E-state index contributed by atoms with van der Waals surface area (Å²) in [6.45, 7) is 0. The third kappa shape index (κ3) is 3.10. The second-order valence-electron chi connectivity index (χ2n) is 6.65. The van der Waals surface area contributed by atoms with Gasteiger partial charge in [0.15, 0.2) is 0 Å². The van der Waals surface area contributed by atoms with E-state index in [2.05, 4.69) is 15.3 Å². The molecule has 5 rings (SSSR count). The number of hydrogen-bond donors (Lipinski definition) is 1. The van der Waals surface area contributed by atoms with E-state index in [0.29, 0.717) is 16.9 Å². The van der Waals surface area contributed by atoms with Crippen molar-refractivity contribution in [3.63, 3.8) is 0 Å². The maximum absolute atomic E-state index is 13.3. The van der Waals surface area contributed by atoms with Gasteiger partial charge in [0.05, 0.1) is 5.39 Å². The molecule has 0 atom stereocenters. The summed E-state index contributed by atoms with van der Waals surface area (Å²) in [4.78, 5) is 21.8. The van der Waals surface area contributed by atoms with Gasteiger partial charge in [0.2, 0.25) is 0 Å². The fraction of sp³-hybridized carbons (Fsp3) is 0. The normalized spacial score (nSPS) is 11.1. The predicted octanol–water partition coefficient (Wildman–Crippen LogP) is 4.82. The molecule has 0 amide bonds. The van der Waals surface area contributed by atoms with Crippen molar-refractivity contribution in [3.8, 4) is 5.69 Å². The third-order valence-corrected chi connectivity index (χ3v) is 4.83. The molecule has 0 fully saturated rings. The van der Waals surface area contributed by atoms with E-state index in [1.165, 1.54) is 16.7 Å². The summed E-state index contributed by atoms with van der Waals surface area (Å²) >= 11 is 0. The molecule has 5 nitrogen and oxygen atoms in total. The summed E-state index contributed by atoms with van der Waals surface area (Å²) in [5.41, 5.74) is 1.17. The first-order valence-corrected chi connectivity index (χ1v) is 9.06. The van der Waals surface area contributed by atoms with Crippen LogP contribution in [-0.4, -0.2) is 14.5 Å². The number of anilines is 2. The molecule has 0 bridgehead atoms. The zero-order valence-electron chi connectivity index (χ0n) is 15.2. The van der Waals surface area contributed by atoms with Crippen molar-refractivity contribution in [2.24, 2.45) is 0 Å². The quantitative estimate of drug-likeness (QED) is 0.486. The van der Waals surface area contributed by atoms with Crippen LogP contribution >= 0.6 is 0 Å². The van der Waals surface area contributed by atoms with Gasteiger partial charge in [-0.3, -0.25) is 14.3 Å². The maximum atomic E-state index is 13.3. The molecule has 1 N–H and O–H groups in total. The van der Waals surface area contributed by atoms with E-state index in [9.17, 15) is 9.18 Å². The summed E-state index contributed by atoms with van der Waals surface area (Å²) in [7, 11) is 0. The van der Waals surface area contributed by atoms with Crippen LogP contribution in [0.4, 0.5) is 15.9 Å². The summed E-state index contributed by atoms with van der Waals surface area (Å²) in [5, 5.41) is 6.56. The number of fused-ring (bicyclic) bond motifs is 2. The van der Waals surface area contributed by atoms with Crippen molar-refractivity contribution >= 4 is 33.1 Å². The van der Waals surface area contributed by atoms with Gasteiger partial charge in [-0.05, 0) is 65.4 Å². The highest BCUT2D eigenvalue weighted by molar-refractivity contribution is 5.93. The van der Waals surface area contributed by atoms with Crippen molar-refractivity contribution in [2.45, 2.75) is 0 Å². The van der Waals surface area contributed by atoms with Crippen LogP contribution in [0, 0.1) is 5.82 Å². The molecule has 2 aromatic carbocycles. The molecule has 3 aromatic heterocycles. The summed E-state index contributed by atoms with van der Waals surface area (Å²) in [5.74, 6) is 0.115. The number of halogens is 1. The molecule has 0 spiro atoms. The van der Waals surface area contributed by atoms with Gasteiger partial charge in [-0.1, -0.05) is 6.07 Å². The third-order valence-electron chi connectivity index (χ3n) is 4.83. The van der Waals surface area contributed by atoms with Gasteiger partial charge >= 0.3 is 0 Å². The van der Waals surface area contributed by atoms with E-state index in [4.69, 9.17) is 0 Å². The number of benzene rings is 2. The lowest BCUT2D eigenvalue weighted by molar-refractivity contribution is 0.627. The van der Waals surface area contributed by atoms with Crippen LogP contribution in [0.1, 0.15) is 0 Å². The molecule has 0 aliphatic heterocycles. The Bertz CT molecular complexity index is 1410. The average molecular weight is 382 g/mol. The Morgan fingerprint density at radius 2 is 1.69 bits per heavy atom. The minimum atomic E-state index is -0.350. The van der Waals surface area contributed by atoms with Crippen molar-refractivity contribution < 1.29 is 4.39 Å². The number of hydrogen-bond acceptors (Lipinski definition) is 4. The second kappa shape index (κ2) is 6.83. The second-order valence-corrected chi connectivity index (χ2v) is 6.65. The van der Waals surface area contributed by atoms with Gasteiger partial charge in [0.1, 0.15) is 11.6 Å². The van der Waals surface area contributed by atoms with E-state index >= 15 is 0 Å². The molecule has 3 heterocycles. The van der Waals surface area contributed by atoms with Gasteiger partial charge in [-0.2, -0.15) is 0 Å². The molecule has 6 heteroatoms. The molecule has 5 aromatic rings. The lowest BCUT2D eigenvalue weighted by atomic mass is 10.1. The number of nitrogens with zero attached hydrogens (tertiary/aromatic N) is 3. The van der Waals surface area contributed by atoms with E-state index in [1.54, 1.807) is 43.0 Å². The molecule has 0 radical (unpaired) electrons. The Morgan fingerprint density at radius 1 is 0.862 bits per heavy atom. The van der Waals surface area contributed by atoms with Crippen LogP contribution in [0.15, 0.2) is 90.2 Å². The van der Waals surface area contributed by atoms with Crippen LogP contribution in [-0.2, 0) is 0 Å². The zero-order valence-corrected chi connectivity index (χ0v) is 15.2. The maximum Gasteiger partial charge on any atom is 0.266 e. The summed E-state index contributed by atoms with van der Waals surface area (Å²) in [6.07, 6.45) is 6.89. The van der Waals surface area contributed by atoms with Crippen LogP contribution in [0.2, 0.25) is 0 Å². The highest BCUT2D eigenvalue weighted by Crippen LogP contribution is 2.24. The summed E-state index contributed by atoms with van der Waals surface area (Å²) < 4.78 is 14.7. The molecule has 0 unspecified atom stereocenters. The Morgan fingerprint density at radius 3 is 2.55 bits per heavy atom. The van der Waals surface area contributed by atoms with Gasteiger partial charge in [0, 0.05) is 41.5 Å². The van der Waals surface area contributed by atoms with Gasteiger partial charge in [-0.15, -0.1) is 0 Å². The van der Waals surface area contributed by atoms with E-state index in [0.717, 1.165) is 21.8 Å². The predicted molar refractivity (Wildman–Crippen MR) is 112 cm³/mol. The number of rotatable bonds is 3. The van der Waals surface area contributed by atoms with Crippen molar-refractivity contribution in [3.05, 3.63) is 102 Å². The van der Waals surface area contributed by atoms with E-state index in [1.807, 2.05) is 30.3 Å². The average Bonchev–Trinajstić information content (AvgIpc) is 2.75. The number of nitrogens with one attached hydrogen (secondary N) is 1. The largest absolute Gasteiger partial charge is 0.340 e. The highest BCUT2D eigenvalue weighted by atomic mass is 19.1. The van der Waals surface area contributed by atoms with Crippen LogP contribution < -0.4 is 10.9 Å². The molecular formula is C23H15FN4O. The smallest absolute Gasteiger partial charge is 0.266 e. The molecule has 0 aliphatic carbocycles. The Balaban J connectivity index is 1.64. The molecule has 0 aliphatic rings. The van der Waals surface area contributed by atoms with Gasteiger partial charge in [-0.25, -0.2) is 9.37 Å². The van der Waals surface area contributed by atoms with E-state index < -0.39 is 0 Å². The lowest BCUT2D eigenvalue weighted by Crippen LogP contribution is -2.19. The Labute approximate surface area is 165 Å².